The van der Waals surface area contributed by atoms with E-state index in [0.29, 0.717) is 12.4 Å². The number of alkyl halides is 2. The Balaban J connectivity index is 1.36. The van der Waals surface area contributed by atoms with Gasteiger partial charge in [-0.25, -0.2) is 9.37 Å². The van der Waals surface area contributed by atoms with Gasteiger partial charge in [0.05, 0.1) is 28.8 Å². The molecule has 4 rings (SSSR count). The Kier molecular flexibility index (Phi) is 15.1. The number of carbonyl (C=O) groups excluding carboxylic acids is 3. The number of amides is 3. The van der Waals surface area contributed by atoms with Gasteiger partial charge in [0.1, 0.15) is 17.8 Å². The van der Waals surface area contributed by atoms with Crippen LogP contribution in [0.4, 0.5) is 4.39 Å². The zero-order valence-corrected chi connectivity index (χ0v) is 32.6. The minimum atomic E-state index is -1.94. The quantitative estimate of drug-likeness (QED) is 0.0952. The van der Waals surface area contributed by atoms with Gasteiger partial charge in [-0.05, 0) is 49.7 Å². The van der Waals surface area contributed by atoms with E-state index in [2.05, 4.69) is 31.5 Å². The molecule has 1 aliphatic heterocycles. The van der Waals surface area contributed by atoms with Crippen LogP contribution in [-0.2, 0) is 20.9 Å². The lowest BCUT2D eigenvalue weighted by atomic mass is 9.85. The van der Waals surface area contributed by atoms with E-state index in [0.717, 1.165) is 39.9 Å². The topological polar surface area (TPSA) is 121 Å². The van der Waals surface area contributed by atoms with Crippen molar-refractivity contribution in [3.05, 3.63) is 35.0 Å². The van der Waals surface area contributed by atoms with Gasteiger partial charge in [0.25, 0.3) is 5.91 Å². The molecular weight excluding hydrogens is 723 g/mol. The summed E-state index contributed by atoms with van der Waals surface area (Å²) >= 11 is 5.06. The molecule has 1 aromatic heterocycles. The maximum atomic E-state index is 14.5. The number of aromatic nitrogens is 1. The number of carbonyl (C=O) groups is 3. The van der Waals surface area contributed by atoms with Crippen molar-refractivity contribution in [1.82, 2.24) is 20.5 Å². The molecule has 1 saturated carbocycles. The summed E-state index contributed by atoms with van der Waals surface area (Å²) in [4.78, 5) is 46.8. The number of hydrogen-bond donors (Lipinski definition) is 3. The molecule has 2 heterocycles. The predicted molar refractivity (Wildman–Crippen MR) is 200 cm³/mol. The third kappa shape index (κ3) is 11.5. The van der Waals surface area contributed by atoms with E-state index in [9.17, 15) is 23.9 Å². The molecule has 1 saturated heterocycles. The van der Waals surface area contributed by atoms with Crippen molar-refractivity contribution in [2.45, 2.75) is 142 Å². The van der Waals surface area contributed by atoms with E-state index >= 15 is 0 Å². The third-order valence-corrected chi connectivity index (χ3v) is 11.2. The predicted octanol–water partition coefficient (Wildman–Crippen LogP) is 7.40. The normalized spacial score (nSPS) is 18.9. The van der Waals surface area contributed by atoms with Crippen molar-refractivity contribution < 1.29 is 28.6 Å². The smallest absolute Gasteiger partial charge is 0.258 e. The van der Waals surface area contributed by atoms with Gasteiger partial charge in [0.15, 0.2) is 5.67 Å². The summed E-state index contributed by atoms with van der Waals surface area (Å²) in [7, 11) is 0. The first-order valence-electron chi connectivity index (χ1n) is 18.3. The van der Waals surface area contributed by atoms with E-state index in [1.165, 1.54) is 56.3 Å². The van der Waals surface area contributed by atoms with Crippen LogP contribution in [-0.4, -0.2) is 75.1 Å². The van der Waals surface area contributed by atoms with Crippen molar-refractivity contribution >= 4 is 45.0 Å². The molecule has 0 bridgehead atoms. The van der Waals surface area contributed by atoms with Gasteiger partial charge in [0.2, 0.25) is 11.8 Å². The molecule has 3 atom stereocenters. The summed E-state index contributed by atoms with van der Waals surface area (Å²) in [6, 6.07) is 3.96. The van der Waals surface area contributed by atoms with E-state index in [4.69, 9.17) is 4.74 Å². The SMILES string of the molecule is Cc1ncsc1-c1ccc(CNC(=O)C2CC(O)CN2C(=O)[C@@H](NC(=O)C2(F)CC2)C(C)(C)C)c(OCCCCCCCCCCCCBr)c1. The van der Waals surface area contributed by atoms with Crippen molar-refractivity contribution in [1.29, 1.82) is 0 Å². The number of nitrogens with one attached hydrogen (secondary N) is 2. The van der Waals surface area contributed by atoms with Crippen LogP contribution in [0.5, 0.6) is 5.75 Å². The van der Waals surface area contributed by atoms with Crippen LogP contribution >= 0.6 is 27.3 Å². The van der Waals surface area contributed by atoms with Crippen LogP contribution in [0.3, 0.4) is 0 Å². The number of aliphatic hydroxyl groups is 1. The Labute approximate surface area is 309 Å². The van der Waals surface area contributed by atoms with Gasteiger partial charge in [-0.2, -0.15) is 0 Å². The third-order valence-electron chi connectivity index (χ3n) is 9.66. The molecule has 9 nitrogen and oxygen atoms in total. The molecule has 0 spiro atoms. The Morgan fingerprint density at radius 1 is 1.08 bits per heavy atom. The number of thiazole rings is 1. The molecule has 2 aliphatic rings. The molecular formula is C38H56BrFN4O5S. The van der Waals surface area contributed by atoms with Gasteiger partial charge in [0, 0.05) is 30.4 Å². The molecule has 1 aliphatic carbocycles. The molecule has 3 amide bonds. The van der Waals surface area contributed by atoms with Crippen molar-refractivity contribution in [2.24, 2.45) is 5.41 Å². The summed E-state index contributed by atoms with van der Waals surface area (Å²) in [5.41, 5.74) is 1.88. The van der Waals surface area contributed by atoms with Crippen molar-refractivity contribution in [3.63, 3.8) is 0 Å². The second kappa shape index (κ2) is 18.8. The fraction of sp³-hybridized carbons (Fsp3) is 0.684. The standard InChI is InChI=1S/C38H56BrFN4O5S/c1-26-32(50-25-42-26)27-15-16-28(31(21-27)49-20-14-12-10-8-6-5-7-9-11-13-19-39)23-41-34(46)30-22-29(45)24-44(30)35(47)33(37(2,3)4)43-36(48)38(40)17-18-38/h15-16,21,25,29-30,33,45H,5-14,17-20,22-24H2,1-4H3,(H,41,46)(H,43,48)/t29?,30?,33-/m1/s1. The summed E-state index contributed by atoms with van der Waals surface area (Å²) in [6.45, 7) is 8.01. The first kappa shape index (κ1) is 40.2. The molecule has 12 heteroatoms. The van der Waals surface area contributed by atoms with Gasteiger partial charge in [-0.15, -0.1) is 11.3 Å². The van der Waals surface area contributed by atoms with E-state index in [1.54, 1.807) is 32.1 Å². The molecule has 50 heavy (non-hydrogen) atoms. The zero-order valence-electron chi connectivity index (χ0n) is 30.2. The number of ether oxygens (including phenoxy) is 1. The Morgan fingerprint density at radius 2 is 1.72 bits per heavy atom. The lowest BCUT2D eigenvalue weighted by Crippen LogP contribution is -2.59. The number of benzene rings is 1. The first-order valence-corrected chi connectivity index (χ1v) is 20.3. The van der Waals surface area contributed by atoms with E-state index in [-0.39, 0.29) is 32.4 Å². The lowest BCUT2D eigenvalue weighted by molar-refractivity contribution is -0.145. The van der Waals surface area contributed by atoms with Crippen LogP contribution in [0.25, 0.3) is 10.4 Å². The minimum absolute atomic E-state index is 0.0468. The number of rotatable bonds is 20. The number of hydrogen-bond acceptors (Lipinski definition) is 7. The maximum Gasteiger partial charge on any atom is 0.258 e. The second-order valence-corrected chi connectivity index (χ2v) is 16.7. The zero-order chi connectivity index (χ0) is 36.3. The van der Waals surface area contributed by atoms with Gasteiger partial charge in [-0.1, -0.05) is 100 Å². The first-order chi connectivity index (χ1) is 23.8. The number of β-amino-alcohol motifs (C(OH)–C–C–N with tert-alkyl or cyclic N) is 1. The average Bonchev–Trinajstić information content (AvgIpc) is 3.48. The summed E-state index contributed by atoms with van der Waals surface area (Å²) in [5.74, 6) is -1.03. The number of aliphatic hydroxyl groups excluding tert-OH is 1. The Morgan fingerprint density at radius 3 is 2.30 bits per heavy atom. The second-order valence-electron chi connectivity index (χ2n) is 15.0. The van der Waals surface area contributed by atoms with Gasteiger partial charge < -0.3 is 25.4 Å². The van der Waals surface area contributed by atoms with Crippen LogP contribution in [0.1, 0.15) is 115 Å². The van der Waals surface area contributed by atoms with Crippen LogP contribution < -0.4 is 15.4 Å². The number of nitrogens with zero attached hydrogens (tertiary/aromatic N) is 2. The molecule has 3 N–H and O–H groups in total. The van der Waals surface area contributed by atoms with Crippen LogP contribution in [0.2, 0.25) is 0 Å². The molecule has 2 aromatic rings. The minimum Gasteiger partial charge on any atom is -0.493 e. The number of likely N-dealkylation sites (tertiary alicyclic amines) is 1. The van der Waals surface area contributed by atoms with E-state index < -0.39 is 47.0 Å². The Hall–Kier alpha value is -2.57. The van der Waals surface area contributed by atoms with Crippen LogP contribution in [0.15, 0.2) is 23.7 Å². The highest BCUT2D eigenvalue weighted by Gasteiger charge is 2.53. The highest BCUT2D eigenvalue weighted by Crippen LogP contribution is 2.40. The molecule has 2 fully saturated rings. The number of aryl methyl sites for hydroxylation is 1. The summed E-state index contributed by atoms with van der Waals surface area (Å²) in [5, 5.41) is 17.2. The van der Waals surface area contributed by atoms with Gasteiger partial charge >= 0.3 is 0 Å². The fourth-order valence-corrected chi connectivity index (χ4v) is 7.56. The summed E-state index contributed by atoms with van der Waals surface area (Å²) in [6.07, 6.45) is 11.7. The molecule has 278 valence electrons. The Bertz CT molecular complexity index is 1430. The monoisotopic (exact) mass is 778 g/mol. The molecule has 1 aromatic carbocycles. The summed E-state index contributed by atoms with van der Waals surface area (Å²) < 4.78 is 20.9. The largest absolute Gasteiger partial charge is 0.493 e. The maximum absolute atomic E-state index is 14.5. The van der Waals surface area contributed by atoms with Crippen molar-refractivity contribution in [2.75, 3.05) is 18.5 Å². The average molecular weight is 780 g/mol. The highest BCUT2D eigenvalue weighted by molar-refractivity contribution is 9.09. The molecule has 0 radical (unpaired) electrons. The van der Waals surface area contributed by atoms with Crippen LogP contribution in [0, 0.1) is 12.3 Å². The lowest BCUT2D eigenvalue weighted by Gasteiger charge is -2.35. The van der Waals surface area contributed by atoms with Crippen molar-refractivity contribution in [3.8, 4) is 16.2 Å². The van der Waals surface area contributed by atoms with Gasteiger partial charge in [-0.3, -0.25) is 14.4 Å². The highest BCUT2D eigenvalue weighted by atomic mass is 79.9. The number of halogens is 2. The fourth-order valence-electron chi connectivity index (χ4n) is 6.37. The van der Waals surface area contributed by atoms with E-state index in [1.807, 2.05) is 30.6 Å². The number of unbranched alkanes of at least 4 members (excludes halogenated alkanes) is 9. The molecule has 2 unspecified atom stereocenters.